The van der Waals surface area contributed by atoms with Gasteiger partial charge in [-0.05, 0) is 40.2 Å². The summed E-state index contributed by atoms with van der Waals surface area (Å²) in [6.07, 6.45) is 1.35. The highest BCUT2D eigenvalue weighted by molar-refractivity contribution is 9.10. The predicted octanol–water partition coefficient (Wildman–Crippen LogP) is 1.94. The Bertz CT molecular complexity index is 752. The fourth-order valence-corrected chi connectivity index (χ4v) is 3.20. The van der Waals surface area contributed by atoms with Crippen LogP contribution in [-0.2, 0) is 10.0 Å². The van der Waals surface area contributed by atoms with E-state index >= 15 is 0 Å². The quantitative estimate of drug-likeness (QED) is 0.546. The van der Waals surface area contributed by atoms with Gasteiger partial charge in [0.05, 0.1) is 22.2 Å². The van der Waals surface area contributed by atoms with Crippen molar-refractivity contribution in [2.75, 3.05) is 17.3 Å². The number of ether oxygens (including phenoxy) is 1. The maximum Gasteiger partial charge on any atom is 0.262 e. The molecule has 9 heteroatoms. The van der Waals surface area contributed by atoms with Crippen LogP contribution in [0.3, 0.4) is 0 Å². The van der Waals surface area contributed by atoms with E-state index in [0.717, 1.165) is 0 Å². The smallest absolute Gasteiger partial charge is 0.262 e. The number of hydrazine groups is 1. The summed E-state index contributed by atoms with van der Waals surface area (Å²) in [6, 6.07) is 7.58. The van der Waals surface area contributed by atoms with Crippen LogP contribution in [0.4, 0.5) is 11.5 Å². The van der Waals surface area contributed by atoms with Crippen molar-refractivity contribution in [1.82, 2.24) is 4.98 Å². The number of nitrogens with two attached hydrogens (primary N) is 1. The molecular formula is C12H13BrN4O3S. The topological polar surface area (TPSA) is 106 Å². The van der Waals surface area contributed by atoms with Gasteiger partial charge in [-0.25, -0.2) is 19.2 Å². The number of hydrogen-bond acceptors (Lipinski definition) is 6. The molecule has 7 nitrogen and oxygen atoms in total. The van der Waals surface area contributed by atoms with E-state index in [1.165, 1.54) is 25.4 Å². The normalized spacial score (nSPS) is 11.0. The van der Waals surface area contributed by atoms with E-state index in [0.29, 0.717) is 15.9 Å². The van der Waals surface area contributed by atoms with Gasteiger partial charge in [0.15, 0.2) is 0 Å². The third-order valence-electron chi connectivity index (χ3n) is 2.59. The van der Waals surface area contributed by atoms with E-state index in [1.807, 2.05) is 0 Å². The number of benzene rings is 1. The molecule has 0 saturated carbocycles. The Morgan fingerprint density at radius 3 is 2.67 bits per heavy atom. The maximum atomic E-state index is 12.3. The number of methoxy groups -OCH3 is 1. The maximum absolute atomic E-state index is 12.3. The first-order valence-electron chi connectivity index (χ1n) is 5.75. The van der Waals surface area contributed by atoms with E-state index in [9.17, 15) is 8.42 Å². The molecule has 112 valence electrons. The van der Waals surface area contributed by atoms with Gasteiger partial charge in [-0.2, -0.15) is 0 Å². The number of nitrogens with one attached hydrogen (secondary N) is 2. The van der Waals surface area contributed by atoms with Gasteiger partial charge < -0.3 is 10.2 Å². The van der Waals surface area contributed by atoms with Crippen molar-refractivity contribution >= 4 is 37.5 Å². The summed E-state index contributed by atoms with van der Waals surface area (Å²) in [5, 5.41) is 0. The van der Waals surface area contributed by atoms with Gasteiger partial charge in [0.1, 0.15) is 11.6 Å². The van der Waals surface area contributed by atoms with Crippen molar-refractivity contribution < 1.29 is 13.2 Å². The van der Waals surface area contributed by atoms with Crippen molar-refractivity contribution in [3.63, 3.8) is 0 Å². The lowest BCUT2D eigenvalue weighted by molar-refractivity contribution is 0.412. The average Bonchev–Trinajstić information content (AvgIpc) is 2.47. The highest BCUT2D eigenvalue weighted by atomic mass is 79.9. The second-order valence-electron chi connectivity index (χ2n) is 3.98. The van der Waals surface area contributed by atoms with Crippen LogP contribution in [0, 0.1) is 0 Å². The Morgan fingerprint density at radius 2 is 2.05 bits per heavy atom. The van der Waals surface area contributed by atoms with Gasteiger partial charge in [0, 0.05) is 12.3 Å². The van der Waals surface area contributed by atoms with Crippen LogP contribution < -0.4 is 20.7 Å². The molecule has 0 aliphatic rings. The van der Waals surface area contributed by atoms with Crippen molar-refractivity contribution in [2.24, 2.45) is 5.84 Å². The first kappa shape index (κ1) is 15.5. The molecule has 4 N–H and O–H groups in total. The molecule has 0 spiro atoms. The standard InChI is InChI=1S/C12H13BrN4O3S/c1-20-11-3-2-8(6-10(11)13)17-21(18,19)9-4-5-15-12(7-9)16-14/h2-7,17H,14H2,1H3,(H,15,16). The Morgan fingerprint density at radius 1 is 1.29 bits per heavy atom. The molecule has 0 aliphatic heterocycles. The Balaban J connectivity index is 2.30. The highest BCUT2D eigenvalue weighted by Crippen LogP contribution is 2.28. The fourth-order valence-electron chi connectivity index (χ4n) is 1.60. The zero-order valence-corrected chi connectivity index (χ0v) is 13.4. The molecule has 21 heavy (non-hydrogen) atoms. The molecule has 0 aliphatic carbocycles. The van der Waals surface area contributed by atoms with E-state index in [-0.39, 0.29) is 10.7 Å². The molecule has 1 aromatic carbocycles. The molecule has 0 saturated heterocycles. The summed E-state index contributed by atoms with van der Waals surface area (Å²) >= 11 is 3.30. The lowest BCUT2D eigenvalue weighted by atomic mass is 10.3. The molecule has 0 fully saturated rings. The van der Waals surface area contributed by atoms with Crippen LogP contribution in [0.1, 0.15) is 0 Å². The van der Waals surface area contributed by atoms with Crippen molar-refractivity contribution in [3.8, 4) is 5.75 Å². The summed E-state index contributed by atoms with van der Waals surface area (Å²) < 4.78 is 32.8. The van der Waals surface area contributed by atoms with Crippen LogP contribution in [0.25, 0.3) is 0 Å². The minimum absolute atomic E-state index is 0.0531. The lowest BCUT2D eigenvalue weighted by Gasteiger charge is -2.10. The average molecular weight is 373 g/mol. The van der Waals surface area contributed by atoms with Gasteiger partial charge in [-0.15, -0.1) is 0 Å². The van der Waals surface area contributed by atoms with E-state index < -0.39 is 10.0 Å². The number of nitrogen functional groups attached to an aromatic ring is 1. The zero-order valence-electron chi connectivity index (χ0n) is 11.0. The Hall–Kier alpha value is -1.84. The summed E-state index contributed by atoms with van der Waals surface area (Å²) in [7, 11) is -2.20. The number of aromatic nitrogens is 1. The fraction of sp³-hybridized carbons (Fsp3) is 0.0833. The van der Waals surface area contributed by atoms with Gasteiger partial charge in [-0.1, -0.05) is 0 Å². The summed E-state index contributed by atoms with van der Waals surface area (Å²) in [6.45, 7) is 0. The largest absolute Gasteiger partial charge is 0.496 e. The summed E-state index contributed by atoms with van der Waals surface area (Å²) in [5.41, 5.74) is 2.70. The van der Waals surface area contributed by atoms with E-state index in [1.54, 1.807) is 18.2 Å². The van der Waals surface area contributed by atoms with E-state index in [2.05, 4.69) is 31.1 Å². The molecule has 2 aromatic rings. The summed E-state index contributed by atoms with van der Waals surface area (Å²) in [4.78, 5) is 3.92. The number of pyridine rings is 1. The number of hydrogen-bond donors (Lipinski definition) is 3. The van der Waals surface area contributed by atoms with Crippen LogP contribution >= 0.6 is 15.9 Å². The number of rotatable bonds is 5. The molecule has 0 atom stereocenters. The third kappa shape index (κ3) is 3.63. The van der Waals surface area contributed by atoms with Crippen molar-refractivity contribution in [2.45, 2.75) is 4.90 Å². The molecule has 2 rings (SSSR count). The monoisotopic (exact) mass is 372 g/mol. The molecule has 1 aromatic heterocycles. The Labute approximate surface area is 130 Å². The van der Waals surface area contributed by atoms with Crippen molar-refractivity contribution in [3.05, 3.63) is 41.0 Å². The van der Waals surface area contributed by atoms with Gasteiger partial charge in [-0.3, -0.25) is 4.72 Å². The third-order valence-corrected chi connectivity index (χ3v) is 4.59. The highest BCUT2D eigenvalue weighted by Gasteiger charge is 2.15. The molecule has 0 bridgehead atoms. The first-order valence-corrected chi connectivity index (χ1v) is 8.03. The van der Waals surface area contributed by atoms with Crippen LogP contribution in [-0.4, -0.2) is 20.5 Å². The van der Waals surface area contributed by atoms with E-state index in [4.69, 9.17) is 10.6 Å². The number of sulfonamides is 1. The second kappa shape index (κ2) is 6.29. The number of halogens is 1. The van der Waals surface area contributed by atoms with Gasteiger partial charge >= 0.3 is 0 Å². The minimum atomic E-state index is -3.73. The zero-order chi connectivity index (χ0) is 15.5. The molecule has 0 amide bonds. The lowest BCUT2D eigenvalue weighted by Crippen LogP contribution is -2.15. The molecule has 0 unspecified atom stereocenters. The van der Waals surface area contributed by atoms with Gasteiger partial charge in [0.25, 0.3) is 10.0 Å². The van der Waals surface area contributed by atoms with Crippen LogP contribution in [0.15, 0.2) is 45.9 Å². The van der Waals surface area contributed by atoms with Gasteiger partial charge in [0.2, 0.25) is 0 Å². The first-order chi connectivity index (χ1) is 9.96. The Kier molecular flexibility index (Phi) is 4.66. The minimum Gasteiger partial charge on any atom is -0.496 e. The van der Waals surface area contributed by atoms with Crippen LogP contribution in [0.5, 0.6) is 5.75 Å². The molecule has 1 heterocycles. The molecular weight excluding hydrogens is 360 g/mol. The van der Waals surface area contributed by atoms with Crippen LogP contribution in [0.2, 0.25) is 0 Å². The predicted molar refractivity (Wildman–Crippen MR) is 83.5 cm³/mol. The SMILES string of the molecule is COc1ccc(NS(=O)(=O)c2ccnc(NN)c2)cc1Br. The summed E-state index contributed by atoms with van der Waals surface area (Å²) in [5.74, 6) is 6.08. The molecule has 0 radical (unpaired) electrons. The number of nitrogens with zero attached hydrogens (tertiary/aromatic N) is 1. The number of anilines is 2. The second-order valence-corrected chi connectivity index (χ2v) is 6.51. The van der Waals surface area contributed by atoms with Crippen molar-refractivity contribution in [1.29, 1.82) is 0 Å².